The molecule has 0 bridgehead atoms. The van der Waals surface area contributed by atoms with Crippen LogP contribution in [-0.4, -0.2) is 18.6 Å². The highest BCUT2D eigenvalue weighted by molar-refractivity contribution is 5.93. The van der Waals surface area contributed by atoms with Crippen LogP contribution in [0.4, 0.5) is 10.1 Å². The van der Waals surface area contributed by atoms with Crippen LogP contribution in [0.2, 0.25) is 0 Å². The van der Waals surface area contributed by atoms with Crippen molar-refractivity contribution in [3.8, 4) is 5.75 Å². The molecule has 1 aromatic rings. The van der Waals surface area contributed by atoms with E-state index in [1.165, 1.54) is 25.3 Å². The molecule has 0 radical (unpaired) electrons. The van der Waals surface area contributed by atoms with Crippen molar-refractivity contribution in [2.45, 2.75) is 38.1 Å². The van der Waals surface area contributed by atoms with Gasteiger partial charge in [0.2, 0.25) is 5.91 Å². The molecule has 110 valence electrons. The third kappa shape index (κ3) is 3.10. The first-order valence-electron chi connectivity index (χ1n) is 6.87. The number of nitrogens with one attached hydrogen (secondary N) is 1. The Morgan fingerprint density at radius 1 is 1.50 bits per heavy atom. The van der Waals surface area contributed by atoms with Crippen LogP contribution in [0.5, 0.6) is 5.75 Å². The quantitative estimate of drug-likeness (QED) is 0.894. The zero-order chi connectivity index (χ0) is 14.8. The second-order valence-electron chi connectivity index (χ2n) is 5.64. The molecule has 1 fully saturated rings. The zero-order valence-corrected chi connectivity index (χ0v) is 11.9. The lowest BCUT2D eigenvalue weighted by atomic mass is 9.74. The molecule has 2 unspecified atom stereocenters. The van der Waals surface area contributed by atoms with E-state index in [2.05, 4.69) is 5.32 Å². The molecule has 1 saturated carbocycles. The van der Waals surface area contributed by atoms with Crippen LogP contribution in [0.25, 0.3) is 0 Å². The topological polar surface area (TPSA) is 64.3 Å². The average molecular weight is 280 g/mol. The maximum absolute atomic E-state index is 13.7. The molecule has 1 aliphatic rings. The Labute approximate surface area is 118 Å². The Morgan fingerprint density at radius 2 is 2.25 bits per heavy atom. The van der Waals surface area contributed by atoms with Crippen molar-refractivity contribution in [3.63, 3.8) is 0 Å². The Bertz CT molecular complexity index is 503. The lowest BCUT2D eigenvalue weighted by Gasteiger charge is -2.37. The van der Waals surface area contributed by atoms with Crippen LogP contribution >= 0.6 is 0 Å². The highest BCUT2D eigenvalue weighted by Gasteiger charge is 2.37. The number of ether oxygens (including phenoxy) is 1. The van der Waals surface area contributed by atoms with Crippen molar-refractivity contribution < 1.29 is 13.9 Å². The van der Waals surface area contributed by atoms with Crippen LogP contribution in [0.1, 0.15) is 32.6 Å². The fourth-order valence-electron chi connectivity index (χ4n) is 2.74. The molecule has 0 saturated heterocycles. The normalized spacial score (nSPS) is 26.1. The standard InChI is InChI=1S/C15H21FN2O2/c1-15(17)8-4-3-5-11(15)14(19)18-13-9-10(20-2)6-7-12(13)16/h6-7,9,11H,3-5,8,17H2,1-2H3,(H,18,19). The third-order valence-electron chi connectivity index (χ3n) is 4.00. The van der Waals surface area contributed by atoms with Crippen molar-refractivity contribution in [1.29, 1.82) is 0 Å². The highest BCUT2D eigenvalue weighted by Crippen LogP contribution is 2.33. The lowest BCUT2D eigenvalue weighted by molar-refractivity contribution is -0.122. The summed E-state index contributed by atoms with van der Waals surface area (Å²) < 4.78 is 18.8. The van der Waals surface area contributed by atoms with Gasteiger partial charge in [0, 0.05) is 11.6 Å². The number of amides is 1. The molecule has 0 aromatic heterocycles. The van der Waals surface area contributed by atoms with Gasteiger partial charge in [-0.05, 0) is 31.9 Å². The van der Waals surface area contributed by atoms with Crippen LogP contribution in [0.15, 0.2) is 18.2 Å². The van der Waals surface area contributed by atoms with Gasteiger partial charge in [0.1, 0.15) is 11.6 Å². The van der Waals surface area contributed by atoms with Gasteiger partial charge in [-0.15, -0.1) is 0 Å². The van der Waals surface area contributed by atoms with E-state index in [4.69, 9.17) is 10.5 Å². The summed E-state index contributed by atoms with van der Waals surface area (Å²) in [5.74, 6) is -0.488. The Kier molecular flexibility index (Phi) is 4.28. The fraction of sp³-hybridized carbons (Fsp3) is 0.533. The van der Waals surface area contributed by atoms with Gasteiger partial charge in [-0.1, -0.05) is 12.8 Å². The smallest absolute Gasteiger partial charge is 0.229 e. The SMILES string of the molecule is COc1ccc(F)c(NC(=O)C2CCCCC2(C)N)c1. The molecule has 0 heterocycles. The van der Waals surface area contributed by atoms with Crippen molar-refractivity contribution in [2.24, 2.45) is 11.7 Å². The summed E-state index contributed by atoms with van der Waals surface area (Å²) in [6, 6.07) is 4.26. The molecule has 0 spiro atoms. The van der Waals surface area contributed by atoms with E-state index in [1.807, 2.05) is 6.92 Å². The van der Waals surface area contributed by atoms with E-state index in [0.717, 1.165) is 25.7 Å². The molecule has 5 heteroatoms. The zero-order valence-electron chi connectivity index (χ0n) is 11.9. The van der Waals surface area contributed by atoms with Crippen LogP contribution < -0.4 is 15.8 Å². The second kappa shape index (κ2) is 5.79. The Morgan fingerprint density at radius 3 is 2.90 bits per heavy atom. The molecule has 1 amide bonds. The minimum Gasteiger partial charge on any atom is -0.497 e. The van der Waals surface area contributed by atoms with Crippen LogP contribution in [-0.2, 0) is 4.79 Å². The van der Waals surface area contributed by atoms with Gasteiger partial charge >= 0.3 is 0 Å². The van der Waals surface area contributed by atoms with Gasteiger partial charge in [-0.2, -0.15) is 0 Å². The van der Waals surface area contributed by atoms with E-state index in [9.17, 15) is 9.18 Å². The number of nitrogens with two attached hydrogens (primary N) is 1. The number of carbonyl (C=O) groups excluding carboxylic acids is 1. The summed E-state index contributed by atoms with van der Waals surface area (Å²) in [6.07, 6.45) is 3.56. The van der Waals surface area contributed by atoms with Gasteiger partial charge in [0.15, 0.2) is 0 Å². The molecule has 2 rings (SSSR count). The van der Waals surface area contributed by atoms with Gasteiger partial charge in [0.25, 0.3) is 0 Å². The number of rotatable bonds is 3. The van der Waals surface area contributed by atoms with Gasteiger partial charge in [-0.3, -0.25) is 4.79 Å². The first-order chi connectivity index (χ1) is 9.44. The summed E-state index contributed by atoms with van der Waals surface area (Å²) in [5.41, 5.74) is 5.80. The number of benzene rings is 1. The molecule has 2 atom stereocenters. The van der Waals surface area contributed by atoms with Crippen molar-refractivity contribution in [1.82, 2.24) is 0 Å². The Balaban J connectivity index is 2.15. The van der Waals surface area contributed by atoms with E-state index in [1.54, 1.807) is 0 Å². The summed E-state index contributed by atoms with van der Waals surface area (Å²) in [7, 11) is 1.50. The fourth-order valence-corrected chi connectivity index (χ4v) is 2.74. The average Bonchev–Trinajstić information content (AvgIpc) is 2.40. The Hall–Kier alpha value is -1.62. The summed E-state index contributed by atoms with van der Waals surface area (Å²) >= 11 is 0. The molecule has 1 aliphatic carbocycles. The molecular weight excluding hydrogens is 259 g/mol. The number of hydrogen-bond donors (Lipinski definition) is 2. The van der Waals surface area contributed by atoms with Gasteiger partial charge < -0.3 is 15.8 Å². The number of carbonyl (C=O) groups is 1. The van der Waals surface area contributed by atoms with Crippen molar-refractivity contribution in [3.05, 3.63) is 24.0 Å². The number of halogens is 1. The van der Waals surface area contributed by atoms with Gasteiger partial charge in [0.05, 0.1) is 18.7 Å². The molecular formula is C15H21FN2O2. The molecule has 1 aromatic carbocycles. The number of methoxy groups -OCH3 is 1. The van der Waals surface area contributed by atoms with E-state index in [-0.39, 0.29) is 17.5 Å². The second-order valence-corrected chi connectivity index (χ2v) is 5.64. The van der Waals surface area contributed by atoms with E-state index >= 15 is 0 Å². The molecule has 3 N–H and O–H groups in total. The number of anilines is 1. The maximum atomic E-state index is 13.7. The van der Waals surface area contributed by atoms with Crippen LogP contribution in [0.3, 0.4) is 0 Å². The summed E-state index contributed by atoms with van der Waals surface area (Å²) in [6.45, 7) is 1.89. The minimum atomic E-state index is -0.530. The van der Waals surface area contributed by atoms with Crippen molar-refractivity contribution >= 4 is 11.6 Å². The van der Waals surface area contributed by atoms with E-state index in [0.29, 0.717) is 5.75 Å². The third-order valence-corrected chi connectivity index (χ3v) is 4.00. The number of hydrogen-bond acceptors (Lipinski definition) is 3. The van der Waals surface area contributed by atoms with Gasteiger partial charge in [-0.25, -0.2) is 4.39 Å². The van der Waals surface area contributed by atoms with Crippen LogP contribution in [0, 0.1) is 11.7 Å². The first-order valence-corrected chi connectivity index (χ1v) is 6.87. The van der Waals surface area contributed by atoms with Crippen molar-refractivity contribution in [2.75, 3.05) is 12.4 Å². The first kappa shape index (κ1) is 14.8. The van der Waals surface area contributed by atoms with E-state index < -0.39 is 11.4 Å². The largest absolute Gasteiger partial charge is 0.497 e. The molecule has 20 heavy (non-hydrogen) atoms. The minimum absolute atomic E-state index is 0.135. The lowest BCUT2D eigenvalue weighted by Crippen LogP contribution is -2.51. The molecule has 4 nitrogen and oxygen atoms in total. The summed E-state index contributed by atoms with van der Waals surface area (Å²) in [4.78, 5) is 12.3. The maximum Gasteiger partial charge on any atom is 0.229 e. The molecule has 0 aliphatic heterocycles. The monoisotopic (exact) mass is 280 g/mol. The summed E-state index contributed by atoms with van der Waals surface area (Å²) in [5, 5.41) is 2.64. The highest BCUT2D eigenvalue weighted by atomic mass is 19.1. The predicted octanol–water partition coefficient (Wildman–Crippen LogP) is 2.68. The predicted molar refractivity (Wildman–Crippen MR) is 76.1 cm³/mol.